The number of aromatic nitrogens is 4. The van der Waals surface area contributed by atoms with E-state index in [9.17, 15) is 0 Å². The largest absolute Gasteiger partial charge is 0.355 e. The van der Waals surface area contributed by atoms with E-state index in [1.165, 1.54) is 22.3 Å². The van der Waals surface area contributed by atoms with Crippen LogP contribution in [0.2, 0.25) is 0 Å². The van der Waals surface area contributed by atoms with Gasteiger partial charge in [0.25, 0.3) is 0 Å². The van der Waals surface area contributed by atoms with Crippen molar-refractivity contribution in [1.82, 2.24) is 19.9 Å². The van der Waals surface area contributed by atoms with Gasteiger partial charge in [0.15, 0.2) is 0 Å². The Bertz CT molecular complexity index is 1770. The van der Waals surface area contributed by atoms with Gasteiger partial charge in [-0.3, -0.25) is 4.98 Å². The first-order valence-corrected chi connectivity index (χ1v) is 12.3. The highest BCUT2D eigenvalue weighted by Crippen LogP contribution is 2.39. The molecule has 5 heterocycles. The van der Waals surface area contributed by atoms with Crippen molar-refractivity contribution in [1.29, 1.82) is 0 Å². The summed E-state index contributed by atoms with van der Waals surface area (Å²) < 4.78 is 0. The Morgan fingerprint density at radius 2 is 1.06 bits per heavy atom. The van der Waals surface area contributed by atoms with E-state index in [4.69, 9.17) is 9.97 Å². The van der Waals surface area contributed by atoms with Crippen LogP contribution in [0.15, 0.2) is 97.1 Å². The van der Waals surface area contributed by atoms with E-state index in [-0.39, 0.29) is 0 Å². The van der Waals surface area contributed by atoms with Gasteiger partial charge in [-0.2, -0.15) is 0 Å². The van der Waals surface area contributed by atoms with E-state index in [2.05, 4.69) is 119 Å². The number of rotatable bonds is 2. The van der Waals surface area contributed by atoms with E-state index in [0.717, 1.165) is 57.7 Å². The summed E-state index contributed by atoms with van der Waals surface area (Å²) in [4.78, 5) is 17.1. The molecule has 2 N–H and O–H groups in total. The van der Waals surface area contributed by atoms with Crippen LogP contribution in [0.25, 0.3) is 56.5 Å². The van der Waals surface area contributed by atoms with Gasteiger partial charge in [0.1, 0.15) is 0 Å². The van der Waals surface area contributed by atoms with Crippen LogP contribution in [-0.2, 0) is 12.8 Å². The topological polar surface area (TPSA) is 57.4 Å². The minimum absolute atomic E-state index is 0.921. The normalized spacial score (nSPS) is 12.7. The van der Waals surface area contributed by atoms with Gasteiger partial charge in [-0.25, -0.2) is 4.98 Å². The SMILES string of the molecule is C1=Cc2cc3[nH]c(cc4nc(cc5ccc(cc1n2)[nH]5)CC4)c(-c1ccccc1)c3-c1ccccc1. The Morgan fingerprint density at radius 1 is 0.500 bits per heavy atom. The number of hydrogen-bond acceptors (Lipinski definition) is 2. The van der Waals surface area contributed by atoms with Gasteiger partial charge >= 0.3 is 0 Å². The lowest BCUT2D eigenvalue weighted by atomic mass is 9.96. The van der Waals surface area contributed by atoms with Crippen LogP contribution in [0.5, 0.6) is 0 Å². The molecule has 2 aromatic carbocycles. The van der Waals surface area contributed by atoms with Crippen molar-refractivity contribution in [2.24, 2.45) is 0 Å². The molecule has 5 aromatic rings. The summed E-state index contributed by atoms with van der Waals surface area (Å²) in [6.07, 6.45) is 5.99. The van der Waals surface area contributed by atoms with E-state index >= 15 is 0 Å². The van der Waals surface area contributed by atoms with E-state index in [0.29, 0.717) is 0 Å². The van der Waals surface area contributed by atoms with Crippen molar-refractivity contribution < 1.29 is 0 Å². The molecule has 0 amide bonds. The molecule has 36 heavy (non-hydrogen) atoms. The van der Waals surface area contributed by atoms with Crippen molar-refractivity contribution in [3.8, 4) is 22.3 Å². The number of benzene rings is 2. The lowest BCUT2D eigenvalue weighted by Gasteiger charge is -2.06. The number of aromatic amines is 2. The fraction of sp³-hybridized carbons (Fsp3) is 0.0625. The number of aryl methyl sites for hydroxylation is 2. The quantitative estimate of drug-likeness (QED) is 0.277. The van der Waals surface area contributed by atoms with E-state index in [1.54, 1.807) is 0 Å². The van der Waals surface area contributed by atoms with Crippen molar-refractivity contribution in [2.45, 2.75) is 12.8 Å². The third-order valence-electron chi connectivity index (χ3n) is 6.75. The van der Waals surface area contributed by atoms with Crippen LogP contribution < -0.4 is 0 Å². The zero-order valence-corrected chi connectivity index (χ0v) is 19.7. The monoisotopic (exact) mass is 464 g/mol. The smallest absolute Gasteiger partial charge is 0.0658 e. The average molecular weight is 465 g/mol. The first-order valence-electron chi connectivity index (χ1n) is 12.3. The van der Waals surface area contributed by atoms with Crippen molar-refractivity contribution in [3.63, 3.8) is 0 Å². The first kappa shape index (κ1) is 20.7. The standard InChI is InChI=1S/C32H24N4/c1-3-7-21(8-4-1)31-29-19-27-15-13-25(34-27)17-23-11-12-24(33-23)18-26-14-16-28(35-26)20-30(36-29)32(31)22-9-5-2-6-10-22/h1-13,15,17-20,33,36H,14,16H2. The number of hydrogen-bond donors (Lipinski definition) is 2. The maximum Gasteiger partial charge on any atom is 0.0658 e. The highest BCUT2D eigenvalue weighted by Gasteiger charge is 2.16. The van der Waals surface area contributed by atoms with Gasteiger partial charge in [-0.15, -0.1) is 0 Å². The van der Waals surface area contributed by atoms with Crippen LogP contribution in [0, 0.1) is 0 Å². The first-order chi connectivity index (χ1) is 17.8. The fourth-order valence-electron chi connectivity index (χ4n) is 5.13. The molecule has 172 valence electrons. The fourth-order valence-corrected chi connectivity index (χ4v) is 5.13. The molecule has 0 saturated heterocycles. The summed E-state index contributed by atoms with van der Waals surface area (Å²) in [7, 11) is 0. The summed E-state index contributed by atoms with van der Waals surface area (Å²) in [5.74, 6) is 0. The number of fused-ring (bicyclic) bond motifs is 8. The minimum atomic E-state index is 0.921. The van der Waals surface area contributed by atoms with Gasteiger partial charge in [0.2, 0.25) is 0 Å². The van der Waals surface area contributed by atoms with E-state index in [1.807, 2.05) is 0 Å². The Balaban J connectivity index is 1.63. The highest BCUT2D eigenvalue weighted by atomic mass is 14.8. The molecule has 0 atom stereocenters. The second kappa shape index (κ2) is 8.51. The summed E-state index contributed by atoms with van der Waals surface area (Å²) >= 11 is 0. The van der Waals surface area contributed by atoms with Gasteiger partial charge in [-0.05, 0) is 72.5 Å². The molecule has 4 heteroatoms. The summed E-state index contributed by atoms with van der Waals surface area (Å²) in [6.45, 7) is 0. The molecule has 0 fully saturated rings. The lowest BCUT2D eigenvalue weighted by Crippen LogP contribution is -1.82. The maximum atomic E-state index is 4.98. The Morgan fingerprint density at radius 3 is 1.72 bits per heavy atom. The molecule has 0 radical (unpaired) electrons. The average Bonchev–Trinajstić information content (AvgIpc) is 3.70. The molecule has 3 aromatic heterocycles. The lowest BCUT2D eigenvalue weighted by molar-refractivity contribution is 1.03. The zero-order chi connectivity index (χ0) is 23.9. The highest BCUT2D eigenvalue weighted by molar-refractivity contribution is 6.03. The minimum Gasteiger partial charge on any atom is -0.355 e. The zero-order valence-electron chi connectivity index (χ0n) is 19.7. The molecule has 4 nitrogen and oxygen atoms in total. The van der Waals surface area contributed by atoms with Crippen molar-refractivity contribution >= 4 is 34.2 Å². The molecule has 0 aliphatic carbocycles. The molecule has 2 aliphatic rings. The van der Waals surface area contributed by atoms with Crippen LogP contribution in [0.1, 0.15) is 22.8 Å². The molecule has 2 aliphatic heterocycles. The number of H-pyrrole nitrogens is 2. The molecule has 0 unspecified atom stereocenters. The van der Waals surface area contributed by atoms with Gasteiger partial charge in [0.05, 0.1) is 11.4 Å². The van der Waals surface area contributed by atoms with Gasteiger partial charge < -0.3 is 9.97 Å². The second-order valence-corrected chi connectivity index (χ2v) is 9.27. The van der Waals surface area contributed by atoms with Crippen LogP contribution in [-0.4, -0.2) is 19.9 Å². The molecular formula is C32H24N4. The summed E-state index contributed by atoms with van der Waals surface area (Å²) in [5.41, 5.74) is 12.9. The number of nitrogens with zero attached hydrogens (tertiary/aromatic N) is 2. The third kappa shape index (κ3) is 3.83. The van der Waals surface area contributed by atoms with Gasteiger partial charge in [-0.1, -0.05) is 60.7 Å². The van der Waals surface area contributed by atoms with Crippen LogP contribution >= 0.6 is 0 Å². The third-order valence-corrected chi connectivity index (χ3v) is 6.75. The van der Waals surface area contributed by atoms with Crippen molar-refractivity contribution in [3.05, 3.63) is 120 Å². The number of nitrogens with one attached hydrogen (secondary N) is 2. The molecule has 7 rings (SSSR count). The Kier molecular flexibility index (Phi) is 4.88. The van der Waals surface area contributed by atoms with Crippen molar-refractivity contribution in [2.75, 3.05) is 0 Å². The summed E-state index contributed by atoms with van der Waals surface area (Å²) in [5, 5.41) is 0. The molecular weight excluding hydrogens is 440 g/mol. The Labute approximate surface area is 209 Å². The molecule has 8 bridgehead atoms. The predicted molar refractivity (Wildman–Crippen MR) is 148 cm³/mol. The molecule has 0 saturated carbocycles. The summed E-state index contributed by atoms with van der Waals surface area (Å²) in [6, 6.07) is 34.0. The second-order valence-electron chi connectivity index (χ2n) is 9.27. The predicted octanol–water partition coefficient (Wildman–Crippen LogP) is 7.60. The van der Waals surface area contributed by atoms with E-state index < -0.39 is 0 Å². The maximum absolute atomic E-state index is 4.98. The van der Waals surface area contributed by atoms with Gasteiger partial charge in [0, 0.05) is 44.6 Å². The molecule has 0 spiro atoms. The Hall–Kier alpha value is -4.70. The van der Waals surface area contributed by atoms with Crippen LogP contribution in [0.4, 0.5) is 0 Å². The van der Waals surface area contributed by atoms with Crippen LogP contribution in [0.3, 0.4) is 0 Å².